The van der Waals surface area contributed by atoms with Crippen LogP contribution >= 0.6 is 12.6 Å². The van der Waals surface area contributed by atoms with Crippen molar-refractivity contribution in [3.05, 3.63) is 34.9 Å². The van der Waals surface area contributed by atoms with E-state index in [1.165, 1.54) is 19.1 Å². The molecule has 15 heavy (non-hydrogen) atoms. The number of hydrogen-bond acceptors (Lipinski definition) is 1. The van der Waals surface area contributed by atoms with Crippen molar-refractivity contribution in [1.29, 1.82) is 0 Å². The zero-order valence-electron chi connectivity index (χ0n) is 8.02. The third-order valence-electron chi connectivity index (χ3n) is 1.84. The fraction of sp³-hybridized carbons (Fsp3) is 0.273. The molecule has 0 N–H and O–H groups in total. The molecule has 0 atom stereocenters. The van der Waals surface area contributed by atoms with Crippen LogP contribution in [0.4, 0.5) is 13.2 Å². The van der Waals surface area contributed by atoms with E-state index in [0.29, 0.717) is 11.3 Å². The zero-order valence-corrected chi connectivity index (χ0v) is 8.91. The van der Waals surface area contributed by atoms with E-state index in [1.807, 2.05) is 0 Å². The van der Waals surface area contributed by atoms with Crippen LogP contribution in [0.15, 0.2) is 18.2 Å². The molecule has 1 aromatic carbocycles. The van der Waals surface area contributed by atoms with Crippen molar-refractivity contribution < 1.29 is 13.2 Å². The second-order valence-electron chi connectivity index (χ2n) is 2.99. The molecule has 0 aliphatic rings. The first-order valence-electron chi connectivity index (χ1n) is 4.22. The standard InChI is InChI=1S/C11H9F3S/c1-8-7-9(3-2-6-15)4-5-10(8)11(12,13)14/h4-5,7,15H,6H2,1H3. The summed E-state index contributed by atoms with van der Waals surface area (Å²) in [7, 11) is 0. The summed E-state index contributed by atoms with van der Waals surface area (Å²) in [5.41, 5.74) is 0.155. The number of thiol groups is 1. The molecule has 0 saturated carbocycles. The molecule has 80 valence electrons. The zero-order chi connectivity index (χ0) is 11.5. The summed E-state index contributed by atoms with van der Waals surface area (Å²) in [6, 6.07) is 3.85. The maximum atomic E-state index is 12.4. The van der Waals surface area contributed by atoms with E-state index in [0.717, 1.165) is 6.07 Å². The lowest BCUT2D eigenvalue weighted by molar-refractivity contribution is -0.138. The summed E-state index contributed by atoms with van der Waals surface area (Å²) in [4.78, 5) is 0. The van der Waals surface area contributed by atoms with Crippen molar-refractivity contribution in [3.63, 3.8) is 0 Å². The molecule has 0 fully saturated rings. The fourth-order valence-corrected chi connectivity index (χ4v) is 1.28. The van der Waals surface area contributed by atoms with Crippen molar-refractivity contribution >= 4 is 12.6 Å². The summed E-state index contributed by atoms with van der Waals surface area (Å²) < 4.78 is 37.2. The first-order valence-corrected chi connectivity index (χ1v) is 4.86. The van der Waals surface area contributed by atoms with Gasteiger partial charge in [-0.2, -0.15) is 25.8 Å². The first kappa shape index (κ1) is 12.0. The third-order valence-corrected chi connectivity index (χ3v) is 2.00. The Bertz CT molecular complexity index is 410. The minimum absolute atomic E-state index is 0.188. The molecule has 0 nitrogen and oxygen atoms in total. The molecule has 0 aliphatic heterocycles. The van der Waals surface area contributed by atoms with E-state index in [4.69, 9.17) is 0 Å². The van der Waals surface area contributed by atoms with Crippen LogP contribution in [-0.2, 0) is 6.18 Å². The Labute approximate surface area is 91.9 Å². The lowest BCUT2D eigenvalue weighted by Gasteiger charge is -2.09. The van der Waals surface area contributed by atoms with Gasteiger partial charge < -0.3 is 0 Å². The summed E-state index contributed by atoms with van der Waals surface area (Å²) in [6.07, 6.45) is -4.29. The molecule has 0 spiro atoms. The largest absolute Gasteiger partial charge is 0.416 e. The predicted octanol–water partition coefficient (Wildman–Crippen LogP) is 3.30. The monoisotopic (exact) mass is 230 g/mol. The third kappa shape index (κ3) is 3.21. The molecule has 0 amide bonds. The number of halogens is 3. The maximum absolute atomic E-state index is 12.4. The van der Waals surface area contributed by atoms with E-state index in [1.54, 1.807) is 0 Å². The number of benzene rings is 1. The number of rotatable bonds is 0. The van der Waals surface area contributed by atoms with Crippen LogP contribution in [0.2, 0.25) is 0 Å². The van der Waals surface area contributed by atoms with Gasteiger partial charge in [0.2, 0.25) is 0 Å². The molecule has 1 aromatic rings. The average Bonchev–Trinajstić information content (AvgIpc) is 2.12. The van der Waals surface area contributed by atoms with Crippen LogP contribution in [0.3, 0.4) is 0 Å². The SMILES string of the molecule is Cc1cc(C#CCS)ccc1C(F)(F)F. The van der Waals surface area contributed by atoms with Crippen LogP contribution in [0.1, 0.15) is 16.7 Å². The minimum Gasteiger partial charge on any atom is -0.166 e. The average molecular weight is 230 g/mol. The number of aryl methyl sites for hydroxylation is 1. The van der Waals surface area contributed by atoms with Gasteiger partial charge in [-0.05, 0) is 30.7 Å². The van der Waals surface area contributed by atoms with Crippen molar-refractivity contribution in [2.75, 3.05) is 5.75 Å². The maximum Gasteiger partial charge on any atom is 0.416 e. The van der Waals surface area contributed by atoms with Crippen LogP contribution in [0.25, 0.3) is 0 Å². The highest BCUT2D eigenvalue weighted by Gasteiger charge is 2.31. The first-order chi connectivity index (χ1) is 6.95. The van der Waals surface area contributed by atoms with Crippen LogP contribution in [0, 0.1) is 18.8 Å². The van der Waals surface area contributed by atoms with Gasteiger partial charge in [0.25, 0.3) is 0 Å². The van der Waals surface area contributed by atoms with Gasteiger partial charge in [-0.1, -0.05) is 11.8 Å². The highest BCUT2D eigenvalue weighted by atomic mass is 32.1. The van der Waals surface area contributed by atoms with Crippen molar-refractivity contribution in [2.24, 2.45) is 0 Å². The summed E-state index contributed by atoms with van der Waals surface area (Å²) in [6.45, 7) is 1.43. The van der Waals surface area contributed by atoms with Gasteiger partial charge in [-0.3, -0.25) is 0 Å². The van der Waals surface area contributed by atoms with Crippen LogP contribution in [0.5, 0.6) is 0 Å². The van der Waals surface area contributed by atoms with Gasteiger partial charge in [-0.15, -0.1) is 0 Å². The van der Waals surface area contributed by atoms with Gasteiger partial charge in [0.05, 0.1) is 11.3 Å². The Morgan fingerprint density at radius 1 is 1.33 bits per heavy atom. The molecule has 0 unspecified atom stereocenters. The van der Waals surface area contributed by atoms with E-state index >= 15 is 0 Å². The fourth-order valence-electron chi connectivity index (χ4n) is 1.20. The molecular weight excluding hydrogens is 221 g/mol. The van der Waals surface area contributed by atoms with E-state index in [2.05, 4.69) is 24.5 Å². The quantitative estimate of drug-likeness (QED) is 0.513. The molecule has 0 heterocycles. The second kappa shape index (κ2) is 4.63. The van der Waals surface area contributed by atoms with E-state index in [9.17, 15) is 13.2 Å². The summed E-state index contributed by atoms with van der Waals surface area (Å²) in [5, 5.41) is 0. The molecule has 0 aliphatic carbocycles. The Hall–Kier alpha value is -1.08. The molecular formula is C11H9F3S. The molecule has 0 aromatic heterocycles. The lowest BCUT2D eigenvalue weighted by atomic mass is 10.1. The molecule has 0 bridgehead atoms. The van der Waals surface area contributed by atoms with E-state index < -0.39 is 11.7 Å². The van der Waals surface area contributed by atoms with Gasteiger partial charge in [0.15, 0.2) is 0 Å². The van der Waals surface area contributed by atoms with Crippen LogP contribution in [-0.4, -0.2) is 5.75 Å². The molecule has 0 saturated heterocycles. The highest BCUT2D eigenvalue weighted by Crippen LogP contribution is 2.31. The Morgan fingerprint density at radius 3 is 2.47 bits per heavy atom. The van der Waals surface area contributed by atoms with Gasteiger partial charge in [0.1, 0.15) is 0 Å². The van der Waals surface area contributed by atoms with Crippen LogP contribution < -0.4 is 0 Å². The summed E-state index contributed by atoms with van der Waals surface area (Å²) in [5.74, 6) is 5.79. The molecule has 0 radical (unpaired) electrons. The Kier molecular flexibility index (Phi) is 3.70. The smallest absolute Gasteiger partial charge is 0.166 e. The Balaban J connectivity index is 3.09. The minimum atomic E-state index is -4.29. The molecule has 1 rings (SSSR count). The topological polar surface area (TPSA) is 0 Å². The number of alkyl halides is 3. The van der Waals surface area contributed by atoms with Crippen molar-refractivity contribution in [3.8, 4) is 11.8 Å². The van der Waals surface area contributed by atoms with Crippen molar-refractivity contribution in [2.45, 2.75) is 13.1 Å². The number of hydrogen-bond donors (Lipinski definition) is 1. The summed E-state index contributed by atoms with van der Waals surface area (Å²) >= 11 is 3.89. The van der Waals surface area contributed by atoms with Gasteiger partial charge in [-0.25, -0.2) is 0 Å². The second-order valence-corrected chi connectivity index (χ2v) is 3.30. The highest BCUT2D eigenvalue weighted by molar-refractivity contribution is 7.80. The van der Waals surface area contributed by atoms with Gasteiger partial charge in [0, 0.05) is 5.56 Å². The lowest BCUT2D eigenvalue weighted by Crippen LogP contribution is -2.07. The molecule has 4 heteroatoms. The Morgan fingerprint density at radius 2 is 2.00 bits per heavy atom. The van der Waals surface area contributed by atoms with E-state index in [-0.39, 0.29) is 5.56 Å². The van der Waals surface area contributed by atoms with Crippen molar-refractivity contribution in [1.82, 2.24) is 0 Å². The predicted molar refractivity (Wildman–Crippen MR) is 56.9 cm³/mol. The van der Waals surface area contributed by atoms with Gasteiger partial charge >= 0.3 is 6.18 Å². The normalized spacial score (nSPS) is 10.7.